The molecule has 2 aliphatic heterocycles. The molecule has 0 spiro atoms. The Morgan fingerprint density at radius 3 is 1.71 bits per heavy atom. The maximum atomic E-state index is 14.8. The van der Waals surface area contributed by atoms with Crippen molar-refractivity contribution in [1.29, 1.82) is 0 Å². The van der Waals surface area contributed by atoms with E-state index >= 15 is 0 Å². The van der Waals surface area contributed by atoms with Crippen LogP contribution in [0, 0.1) is 70.6 Å². The SMILES string of the molecule is Cc1cc(C)c(N2CCN(c3c(C)cc(C)cc3C)[CH]2[Ru]([Cl])=[CH]c2cccc3c2OC(C)C(=O)N3C(=O)c2c(F)c(F)c(F)c(F)c2F)c(C)c1. The monoisotopic (exact) mass is 813 g/mol. The first kappa shape index (κ1) is 36.6. The molecule has 2 heterocycles. The summed E-state index contributed by atoms with van der Waals surface area (Å²) in [6.07, 6.45) is -1.34. The number of benzene rings is 4. The Morgan fingerprint density at radius 1 is 0.784 bits per heavy atom. The van der Waals surface area contributed by atoms with Gasteiger partial charge in [-0.3, -0.25) is 0 Å². The van der Waals surface area contributed by atoms with E-state index in [2.05, 4.69) is 61.8 Å². The van der Waals surface area contributed by atoms with E-state index in [0.29, 0.717) is 23.6 Å². The molecule has 51 heavy (non-hydrogen) atoms. The number of halogens is 6. The summed E-state index contributed by atoms with van der Waals surface area (Å²) in [4.78, 5) is 31.9. The van der Waals surface area contributed by atoms with Gasteiger partial charge in [0.05, 0.1) is 0 Å². The van der Waals surface area contributed by atoms with E-state index < -0.39 is 67.1 Å². The Morgan fingerprint density at radius 2 is 1.24 bits per heavy atom. The summed E-state index contributed by atoms with van der Waals surface area (Å²) < 4.78 is 79.3. The van der Waals surface area contributed by atoms with Gasteiger partial charge < -0.3 is 0 Å². The Labute approximate surface area is 301 Å². The fourth-order valence-corrected chi connectivity index (χ4v) is 11.8. The van der Waals surface area contributed by atoms with Gasteiger partial charge in [0, 0.05) is 0 Å². The molecule has 0 bridgehead atoms. The van der Waals surface area contributed by atoms with Crippen LogP contribution in [-0.4, -0.2) is 40.4 Å². The van der Waals surface area contributed by atoms with Crippen LogP contribution < -0.4 is 19.4 Å². The zero-order valence-corrected chi connectivity index (χ0v) is 31.4. The van der Waals surface area contributed by atoms with Crippen molar-refractivity contribution in [2.75, 3.05) is 27.8 Å². The molecule has 1 saturated heterocycles. The number of hydrogen-bond donors (Lipinski definition) is 0. The number of imide groups is 1. The van der Waals surface area contributed by atoms with Gasteiger partial charge in [0.2, 0.25) is 0 Å². The van der Waals surface area contributed by atoms with Gasteiger partial charge in [-0.05, 0) is 0 Å². The number of hydrogen-bond acceptors (Lipinski definition) is 5. The molecule has 1 atom stereocenters. The number of carbonyl (C=O) groups is 2. The number of ether oxygens (including phenoxy) is 1. The van der Waals surface area contributed by atoms with E-state index in [1.807, 2.05) is 18.5 Å². The van der Waals surface area contributed by atoms with Gasteiger partial charge in [0.15, 0.2) is 0 Å². The molecule has 0 radical (unpaired) electrons. The zero-order chi connectivity index (χ0) is 37.2. The Bertz CT molecular complexity index is 2040. The van der Waals surface area contributed by atoms with Crippen molar-refractivity contribution >= 4 is 43.2 Å². The molecule has 270 valence electrons. The number of nitrogens with zero attached hydrogens (tertiary/aromatic N) is 3. The zero-order valence-electron chi connectivity index (χ0n) is 28.9. The average molecular weight is 813 g/mol. The van der Waals surface area contributed by atoms with Crippen LogP contribution in [0.25, 0.3) is 0 Å². The number of amides is 2. The number of carbonyl (C=O) groups excluding carboxylic acids is 2. The maximum absolute atomic E-state index is 14.8. The van der Waals surface area contributed by atoms with Gasteiger partial charge in [0.25, 0.3) is 0 Å². The molecule has 1 unspecified atom stereocenters. The van der Waals surface area contributed by atoms with Crippen molar-refractivity contribution < 1.29 is 50.8 Å². The number of rotatable bonds is 5. The fraction of sp³-hybridized carbons (Fsp3) is 0.289. The first-order valence-electron chi connectivity index (χ1n) is 16.1. The van der Waals surface area contributed by atoms with Crippen molar-refractivity contribution in [2.24, 2.45) is 0 Å². The molecular formula is C38H35ClF5N3O3Ru. The summed E-state index contributed by atoms with van der Waals surface area (Å²) >= 11 is -2.66. The number of fused-ring (bicyclic) bond motifs is 1. The molecule has 13 heteroatoms. The van der Waals surface area contributed by atoms with Crippen LogP contribution in [0.15, 0.2) is 42.5 Å². The van der Waals surface area contributed by atoms with E-state index in [4.69, 9.17) is 14.4 Å². The van der Waals surface area contributed by atoms with Gasteiger partial charge in [-0.1, -0.05) is 0 Å². The summed E-state index contributed by atoms with van der Waals surface area (Å²) in [5.74, 6) is -14.4. The third-order valence-electron chi connectivity index (χ3n) is 9.06. The second-order valence-electron chi connectivity index (χ2n) is 12.9. The minimum absolute atomic E-state index is 0.0164. The van der Waals surface area contributed by atoms with Gasteiger partial charge in [-0.15, -0.1) is 0 Å². The topological polar surface area (TPSA) is 53.1 Å². The first-order valence-corrected chi connectivity index (χ1v) is 20.3. The molecular weight excluding hydrogens is 778 g/mol. The number of aryl methyl sites for hydroxylation is 6. The number of para-hydroxylation sites is 1. The van der Waals surface area contributed by atoms with E-state index in [1.54, 1.807) is 6.07 Å². The summed E-state index contributed by atoms with van der Waals surface area (Å²) in [6.45, 7) is 15.1. The predicted molar refractivity (Wildman–Crippen MR) is 185 cm³/mol. The van der Waals surface area contributed by atoms with Crippen molar-refractivity contribution in [3.05, 3.63) is 116 Å². The van der Waals surface area contributed by atoms with Crippen molar-refractivity contribution in [3.8, 4) is 5.75 Å². The molecule has 0 N–H and O–H groups in total. The standard InChI is InChI=1S/C21H27N2.C17H8F5NO3.ClH.Ru/c1-14-9-16(3)20(17(4)10-14)22-7-8-23(13-22)21-18(5)11-15(2)12-19(21)6;1-6-4-3-5-8-15(6)26-7(2)16(24)23(8)17(25)9-10(18)12(20)14(22)13(21)11(9)19;;/h9-13H,7-8H2,1-6H3;1,3-5,7H,2H3;1H;/q;;;+1/p-1. The van der Waals surface area contributed by atoms with Crippen LogP contribution in [-0.2, 0) is 19.3 Å². The van der Waals surface area contributed by atoms with Crippen LogP contribution in [0.3, 0.4) is 0 Å². The molecule has 4 aromatic rings. The van der Waals surface area contributed by atoms with Crippen LogP contribution in [0.1, 0.15) is 56.2 Å². The second-order valence-corrected chi connectivity index (χ2v) is 17.5. The number of anilines is 3. The summed E-state index contributed by atoms with van der Waals surface area (Å²) in [7, 11) is 7.56. The van der Waals surface area contributed by atoms with Crippen LogP contribution in [0.2, 0.25) is 0 Å². The van der Waals surface area contributed by atoms with Crippen LogP contribution in [0.4, 0.5) is 39.0 Å². The summed E-state index contributed by atoms with van der Waals surface area (Å²) in [5, 5.41) is 0. The minimum atomic E-state index is -2.66. The quantitative estimate of drug-likeness (QED) is 0.0667. The van der Waals surface area contributed by atoms with E-state index in [1.165, 1.54) is 19.1 Å². The summed E-state index contributed by atoms with van der Waals surface area (Å²) in [5.41, 5.74) is 7.30. The first-order chi connectivity index (χ1) is 24.0. The van der Waals surface area contributed by atoms with E-state index in [0.717, 1.165) is 44.8 Å². The van der Waals surface area contributed by atoms with E-state index in [9.17, 15) is 31.5 Å². The van der Waals surface area contributed by atoms with Gasteiger partial charge >= 0.3 is 303 Å². The molecule has 0 aliphatic carbocycles. The summed E-state index contributed by atoms with van der Waals surface area (Å²) in [6, 6.07) is 13.0. The van der Waals surface area contributed by atoms with Gasteiger partial charge in [-0.25, -0.2) is 0 Å². The molecule has 6 nitrogen and oxygen atoms in total. The van der Waals surface area contributed by atoms with Crippen LogP contribution >= 0.6 is 9.69 Å². The molecule has 4 aromatic carbocycles. The third-order valence-corrected chi connectivity index (χ3v) is 13.3. The normalized spacial score (nSPS) is 17.3. The Hall–Kier alpha value is -4.15. The molecule has 0 aromatic heterocycles. The van der Waals surface area contributed by atoms with E-state index in [-0.39, 0.29) is 16.2 Å². The van der Waals surface area contributed by atoms with Crippen molar-refractivity contribution in [2.45, 2.75) is 59.3 Å². The van der Waals surface area contributed by atoms with Crippen molar-refractivity contribution in [3.63, 3.8) is 0 Å². The fourth-order valence-electron chi connectivity index (χ4n) is 7.21. The van der Waals surface area contributed by atoms with Crippen molar-refractivity contribution in [1.82, 2.24) is 0 Å². The molecule has 2 amide bonds. The Balaban J connectivity index is 1.50. The average Bonchev–Trinajstić information content (AvgIpc) is 3.46. The van der Waals surface area contributed by atoms with Gasteiger partial charge in [-0.2, -0.15) is 0 Å². The Kier molecular flexibility index (Phi) is 9.89. The molecule has 0 saturated carbocycles. The molecule has 6 rings (SSSR count). The third kappa shape index (κ3) is 6.24. The second kappa shape index (κ2) is 13.8. The van der Waals surface area contributed by atoms with Gasteiger partial charge in [0.1, 0.15) is 0 Å². The molecule has 1 fully saturated rings. The molecule has 2 aliphatic rings. The predicted octanol–water partition coefficient (Wildman–Crippen LogP) is 8.42. The van der Waals surface area contributed by atoms with Crippen LogP contribution in [0.5, 0.6) is 5.75 Å².